The summed E-state index contributed by atoms with van der Waals surface area (Å²) in [5.41, 5.74) is 6.94. The van der Waals surface area contributed by atoms with Crippen LogP contribution in [-0.4, -0.2) is 11.1 Å². The number of ether oxygens (including phenoxy) is 1. The van der Waals surface area contributed by atoms with Crippen molar-refractivity contribution >= 4 is 0 Å². The standard InChI is InChI=1S/C14H22N2O/c1-10-6-3-4-8-13(10)17-14-12(11(2)15)7-5-9-16-14/h5,7,9-11,13H,3-4,6,8,15H2,1-2H3/t10?,11-,13?/m0/s1. The first kappa shape index (κ1) is 12.4. The molecule has 2 rings (SSSR count). The van der Waals surface area contributed by atoms with Crippen LogP contribution >= 0.6 is 0 Å². The van der Waals surface area contributed by atoms with E-state index in [-0.39, 0.29) is 6.04 Å². The summed E-state index contributed by atoms with van der Waals surface area (Å²) in [5, 5.41) is 0. The van der Waals surface area contributed by atoms with Crippen molar-refractivity contribution < 1.29 is 4.74 Å². The quantitative estimate of drug-likeness (QED) is 0.874. The van der Waals surface area contributed by atoms with Gasteiger partial charge in [0.15, 0.2) is 0 Å². The highest BCUT2D eigenvalue weighted by atomic mass is 16.5. The summed E-state index contributed by atoms with van der Waals surface area (Å²) in [7, 11) is 0. The van der Waals surface area contributed by atoms with E-state index in [4.69, 9.17) is 10.5 Å². The lowest BCUT2D eigenvalue weighted by Crippen LogP contribution is -2.29. The van der Waals surface area contributed by atoms with Gasteiger partial charge in [0.25, 0.3) is 0 Å². The lowest BCUT2D eigenvalue weighted by atomic mass is 9.88. The number of rotatable bonds is 3. The Labute approximate surface area is 103 Å². The first-order chi connectivity index (χ1) is 8.18. The second kappa shape index (κ2) is 5.50. The fourth-order valence-corrected chi connectivity index (χ4v) is 2.45. The van der Waals surface area contributed by atoms with Gasteiger partial charge < -0.3 is 10.5 Å². The van der Waals surface area contributed by atoms with E-state index >= 15 is 0 Å². The van der Waals surface area contributed by atoms with Crippen LogP contribution in [0.1, 0.15) is 51.1 Å². The van der Waals surface area contributed by atoms with Crippen LogP contribution in [0.4, 0.5) is 0 Å². The van der Waals surface area contributed by atoms with Crippen molar-refractivity contribution in [1.29, 1.82) is 0 Å². The van der Waals surface area contributed by atoms with Gasteiger partial charge in [-0.15, -0.1) is 0 Å². The maximum absolute atomic E-state index is 6.07. The second-order valence-electron chi connectivity index (χ2n) is 5.10. The minimum atomic E-state index is -0.0300. The lowest BCUT2D eigenvalue weighted by Gasteiger charge is -2.29. The maximum Gasteiger partial charge on any atom is 0.218 e. The molecule has 0 aliphatic heterocycles. The highest BCUT2D eigenvalue weighted by molar-refractivity contribution is 5.28. The Morgan fingerprint density at radius 1 is 1.41 bits per heavy atom. The lowest BCUT2D eigenvalue weighted by molar-refractivity contribution is 0.0961. The number of hydrogen-bond acceptors (Lipinski definition) is 3. The molecule has 1 aliphatic carbocycles. The van der Waals surface area contributed by atoms with Crippen LogP contribution in [0.15, 0.2) is 18.3 Å². The van der Waals surface area contributed by atoms with E-state index in [1.165, 1.54) is 19.3 Å². The minimum Gasteiger partial charge on any atom is -0.474 e. The van der Waals surface area contributed by atoms with Gasteiger partial charge in [0.05, 0.1) is 0 Å². The fraction of sp³-hybridized carbons (Fsp3) is 0.643. The largest absolute Gasteiger partial charge is 0.474 e. The molecule has 1 saturated carbocycles. The zero-order valence-corrected chi connectivity index (χ0v) is 10.7. The second-order valence-corrected chi connectivity index (χ2v) is 5.10. The Hall–Kier alpha value is -1.09. The van der Waals surface area contributed by atoms with Crippen molar-refractivity contribution in [3.63, 3.8) is 0 Å². The number of nitrogens with two attached hydrogens (primary N) is 1. The zero-order valence-electron chi connectivity index (χ0n) is 10.7. The fourth-order valence-electron chi connectivity index (χ4n) is 2.45. The zero-order chi connectivity index (χ0) is 12.3. The van der Waals surface area contributed by atoms with Gasteiger partial charge in [0, 0.05) is 17.8 Å². The molecule has 0 saturated heterocycles. The van der Waals surface area contributed by atoms with Crippen molar-refractivity contribution in [2.24, 2.45) is 11.7 Å². The average Bonchev–Trinajstić information content (AvgIpc) is 2.32. The summed E-state index contributed by atoms with van der Waals surface area (Å²) in [5.74, 6) is 1.34. The molecule has 0 radical (unpaired) electrons. The molecule has 3 heteroatoms. The van der Waals surface area contributed by atoms with Crippen LogP contribution in [0.5, 0.6) is 5.88 Å². The van der Waals surface area contributed by atoms with E-state index in [1.54, 1.807) is 6.20 Å². The van der Waals surface area contributed by atoms with Crippen LogP contribution in [-0.2, 0) is 0 Å². The maximum atomic E-state index is 6.07. The predicted molar refractivity (Wildman–Crippen MR) is 68.9 cm³/mol. The van der Waals surface area contributed by atoms with E-state index in [9.17, 15) is 0 Å². The molecule has 0 aromatic carbocycles. The van der Waals surface area contributed by atoms with Gasteiger partial charge in [-0.2, -0.15) is 0 Å². The molecule has 0 spiro atoms. The summed E-state index contributed by atoms with van der Waals surface area (Å²) < 4.78 is 6.07. The van der Waals surface area contributed by atoms with Crippen molar-refractivity contribution in [2.45, 2.75) is 51.7 Å². The monoisotopic (exact) mass is 234 g/mol. The van der Waals surface area contributed by atoms with Crippen LogP contribution < -0.4 is 10.5 Å². The average molecular weight is 234 g/mol. The van der Waals surface area contributed by atoms with Crippen molar-refractivity contribution in [3.05, 3.63) is 23.9 Å². The third-order valence-corrected chi connectivity index (χ3v) is 3.59. The number of nitrogens with zero attached hydrogens (tertiary/aromatic N) is 1. The smallest absolute Gasteiger partial charge is 0.218 e. The van der Waals surface area contributed by atoms with E-state index in [1.807, 2.05) is 19.1 Å². The first-order valence-electron chi connectivity index (χ1n) is 6.55. The molecule has 0 amide bonds. The van der Waals surface area contributed by atoms with Crippen LogP contribution in [0, 0.1) is 5.92 Å². The minimum absolute atomic E-state index is 0.0300. The number of aromatic nitrogens is 1. The summed E-state index contributed by atoms with van der Waals surface area (Å²) >= 11 is 0. The Morgan fingerprint density at radius 3 is 2.88 bits per heavy atom. The normalized spacial score (nSPS) is 26.5. The Kier molecular flexibility index (Phi) is 4.00. The van der Waals surface area contributed by atoms with Gasteiger partial charge in [0.1, 0.15) is 6.10 Å². The SMILES string of the molecule is CC1CCCCC1Oc1ncccc1[C@H](C)N. The molecule has 17 heavy (non-hydrogen) atoms. The molecule has 1 aromatic heterocycles. The van der Waals surface area contributed by atoms with Gasteiger partial charge >= 0.3 is 0 Å². The van der Waals surface area contributed by atoms with Crippen LogP contribution in [0.25, 0.3) is 0 Å². The molecular formula is C14H22N2O. The van der Waals surface area contributed by atoms with E-state index < -0.39 is 0 Å². The summed E-state index contributed by atoms with van der Waals surface area (Å²) in [6.45, 7) is 4.23. The van der Waals surface area contributed by atoms with Gasteiger partial charge in [-0.1, -0.05) is 19.4 Å². The van der Waals surface area contributed by atoms with Gasteiger partial charge in [-0.05, 0) is 38.2 Å². The van der Waals surface area contributed by atoms with Crippen molar-refractivity contribution in [3.8, 4) is 5.88 Å². The Balaban J connectivity index is 2.12. The molecule has 2 unspecified atom stereocenters. The van der Waals surface area contributed by atoms with E-state index in [0.717, 1.165) is 17.9 Å². The number of hydrogen-bond donors (Lipinski definition) is 1. The Morgan fingerprint density at radius 2 is 2.18 bits per heavy atom. The first-order valence-corrected chi connectivity index (χ1v) is 6.55. The molecule has 3 nitrogen and oxygen atoms in total. The molecule has 1 aliphatic rings. The third-order valence-electron chi connectivity index (χ3n) is 3.59. The molecular weight excluding hydrogens is 212 g/mol. The molecule has 1 heterocycles. The molecule has 1 fully saturated rings. The summed E-state index contributed by atoms with van der Waals surface area (Å²) in [6.07, 6.45) is 7.05. The third kappa shape index (κ3) is 2.97. The van der Waals surface area contributed by atoms with E-state index in [0.29, 0.717) is 12.0 Å². The molecule has 2 N–H and O–H groups in total. The molecule has 3 atom stereocenters. The number of pyridine rings is 1. The summed E-state index contributed by atoms with van der Waals surface area (Å²) in [4.78, 5) is 4.33. The Bertz CT molecular complexity index is 365. The molecule has 1 aromatic rings. The van der Waals surface area contributed by atoms with E-state index in [2.05, 4.69) is 11.9 Å². The van der Waals surface area contributed by atoms with Gasteiger partial charge in [-0.25, -0.2) is 4.98 Å². The molecule has 94 valence electrons. The topological polar surface area (TPSA) is 48.1 Å². The van der Waals surface area contributed by atoms with Crippen LogP contribution in [0.3, 0.4) is 0 Å². The van der Waals surface area contributed by atoms with Crippen molar-refractivity contribution in [2.75, 3.05) is 0 Å². The highest BCUT2D eigenvalue weighted by Crippen LogP contribution is 2.29. The van der Waals surface area contributed by atoms with Crippen LogP contribution in [0.2, 0.25) is 0 Å². The van der Waals surface area contributed by atoms with Gasteiger partial charge in [0.2, 0.25) is 5.88 Å². The highest BCUT2D eigenvalue weighted by Gasteiger charge is 2.24. The van der Waals surface area contributed by atoms with Gasteiger partial charge in [-0.3, -0.25) is 0 Å². The predicted octanol–water partition coefficient (Wildman–Crippen LogP) is 3.06. The molecule has 0 bridgehead atoms. The van der Waals surface area contributed by atoms with Crippen molar-refractivity contribution in [1.82, 2.24) is 4.98 Å². The summed E-state index contributed by atoms with van der Waals surface area (Å²) in [6, 6.07) is 3.88.